The van der Waals surface area contributed by atoms with Crippen LogP contribution in [0, 0.1) is 0 Å². The van der Waals surface area contributed by atoms with E-state index in [0.29, 0.717) is 22.6 Å². The van der Waals surface area contributed by atoms with Crippen LogP contribution in [0.1, 0.15) is 36.8 Å². The second kappa shape index (κ2) is 8.76. The lowest BCUT2D eigenvalue weighted by atomic mass is 10.0. The molecule has 0 amide bonds. The van der Waals surface area contributed by atoms with E-state index in [0.717, 1.165) is 24.1 Å². The largest absolute Gasteiger partial charge is 0.454 e. The molecule has 9 heteroatoms. The Morgan fingerprint density at radius 2 is 1.92 bits per heavy atom. The molecule has 0 spiro atoms. The summed E-state index contributed by atoms with van der Waals surface area (Å²) in [5.74, 6) is 0.544. The number of fused-ring (bicyclic) bond motifs is 2. The van der Waals surface area contributed by atoms with Crippen molar-refractivity contribution >= 4 is 22.7 Å². The Labute approximate surface area is 210 Å². The molecule has 2 aromatic carbocycles. The molecule has 6 rings (SSSR count). The van der Waals surface area contributed by atoms with Crippen LogP contribution < -0.4 is 15.6 Å². The average Bonchev–Trinajstić information content (AvgIpc) is 3.72. The van der Waals surface area contributed by atoms with Crippen LogP contribution in [0.5, 0.6) is 6.01 Å². The van der Waals surface area contributed by atoms with Crippen molar-refractivity contribution in [2.45, 2.75) is 37.9 Å². The molecule has 2 aliphatic rings. The van der Waals surface area contributed by atoms with Crippen LogP contribution in [-0.2, 0) is 0 Å². The summed E-state index contributed by atoms with van der Waals surface area (Å²) in [4.78, 5) is 22.1. The number of aromatic nitrogens is 3. The highest BCUT2D eigenvalue weighted by molar-refractivity contribution is 5.93. The number of nitrogens with one attached hydrogen (secondary N) is 1. The second-order valence-corrected chi connectivity index (χ2v) is 9.50. The van der Waals surface area contributed by atoms with Crippen molar-refractivity contribution in [3.8, 4) is 22.8 Å². The van der Waals surface area contributed by atoms with Crippen molar-refractivity contribution in [3.63, 3.8) is 0 Å². The normalized spacial score (nSPS) is 16.9. The van der Waals surface area contributed by atoms with Gasteiger partial charge in [0.05, 0.1) is 11.1 Å². The summed E-state index contributed by atoms with van der Waals surface area (Å²) < 4.78 is 44.4. The zero-order valence-electron chi connectivity index (χ0n) is 19.9. The van der Waals surface area contributed by atoms with E-state index >= 15 is 0 Å². The lowest BCUT2D eigenvalue weighted by molar-refractivity contribution is -0.154. The minimum atomic E-state index is -4.53. The van der Waals surface area contributed by atoms with Crippen LogP contribution in [0.3, 0.4) is 0 Å². The lowest BCUT2D eigenvalue weighted by Crippen LogP contribution is -2.22. The van der Waals surface area contributed by atoms with Crippen molar-refractivity contribution in [2.24, 2.45) is 0 Å². The van der Waals surface area contributed by atoms with Gasteiger partial charge in [-0.3, -0.25) is 9.36 Å². The smallest absolute Gasteiger partial charge is 0.422 e. The molecule has 6 nitrogen and oxygen atoms in total. The molecule has 1 N–H and O–H groups in total. The van der Waals surface area contributed by atoms with E-state index < -0.39 is 18.8 Å². The highest BCUT2D eigenvalue weighted by atomic mass is 19.4. The predicted molar refractivity (Wildman–Crippen MR) is 136 cm³/mol. The van der Waals surface area contributed by atoms with Crippen molar-refractivity contribution in [1.29, 1.82) is 0 Å². The summed E-state index contributed by atoms with van der Waals surface area (Å²) in [7, 11) is 0. The zero-order chi connectivity index (χ0) is 25.7. The third-order valence-corrected chi connectivity index (χ3v) is 6.61. The van der Waals surface area contributed by atoms with Crippen molar-refractivity contribution in [3.05, 3.63) is 82.4 Å². The molecule has 2 aromatic heterocycles. The van der Waals surface area contributed by atoms with Gasteiger partial charge in [-0.2, -0.15) is 18.2 Å². The van der Waals surface area contributed by atoms with E-state index in [4.69, 9.17) is 4.74 Å². The van der Waals surface area contributed by atoms with Crippen LogP contribution >= 0.6 is 0 Å². The molecule has 1 atom stereocenters. The number of pyridine rings is 1. The molecular formula is C28H23F3N4O2. The van der Waals surface area contributed by atoms with Gasteiger partial charge in [-0.1, -0.05) is 36.4 Å². The number of halogens is 3. The van der Waals surface area contributed by atoms with E-state index in [-0.39, 0.29) is 22.7 Å². The van der Waals surface area contributed by atoms with E-state index in [2.05, 4.69) is 22.2 Å². The molecule has 188 valence electrons. The van der Waals surface area contributed by atoms with E-state index in [1.54, 1.807) is 6.20 Å². The maximum atomic E-state index is 13.9. The van der Waals surface area contributed by atoms with Crippen LogP contribution in [0.25, 0.3) is 33.8 Å². The van der Waals surface area contributed by atoms with Gasteiger partial charge in [0.2, 0.25) is 0 Å². The Hall–Kier alpha value is -4.14. The van der Waals surface area contributed by atoms with E-state index in [1.165, 1.54) is 16.3 Å². The number of hydrogen-bond donors (Lipinski definition) is 1. The first-order valence-electron chi connectivity index (χ1n) is 12.1. The van der Waals surface area contributed by atoms with Crippen LogP contribution in [0.4, 0.5) is 18.9 Å². The summed E-state index contributed by atoms with van der Waals surface area (Å²) >= 11 is 0. The first-order chi connectivity index (χ1) is 17.7. The molecule has 0 radical (unpaired) electrons. The molecule has 3 heterocycles. The maximum absolute atomic E-state index is 13.9. The van der Waals surface area contributed by atoms with E-state index in [9.17, 15) is 18.0 Å². The standard InChI is InChI=1S/C28H23F3N4O2/c1-16-2-3-20-12-22(10-11-23(20)33-16)35-14-21-13-32-27(37-15-28(29,30)31)34-25(21)24(26(35)36)19-8-6-18(7-9-19)17-4-5-17/h2-3,6-14,16-17,33H,4-5,15H2,1H3. The van der Waals surface area contributed by atoms with Crippen molar-refractivity contribution < 1.29 is 17.9 Å². The van der Waals surface area contributed by atoms with Gasteiger partial charge >= 0.3 is 12.2 Å². The molecule has 0 bridgehead atoms. The average molecular weight is 505 g/mol. The lowest BCUT2D eigenvalue weighted by Gasteiger charge is -2.20. The van der Waals surface area contributed by atoms with Crippen LogP contribution in [-0.4, -0.2) is 33.4 Å². The highest BCUT2D eigenvalue weighted by Gasteiger charge is 2.29. The number of alkyl halides is 3. The molecular weight excluding hydrogens is 481 g/mol. The van der Waals surface area contributed by atoms with Crippen molar-refractivity contribution in [1.82, 2.24) is 14.5 Å². The number of ether oxygens (including phenoxy) is 1. The second-order valence-electron chi connectivity index (χ2n) is 9.50. The van der Waals surface area contributed by atoms with Gasteiger partial charge < -0.3 is 10.1 Å². The molecule has 1 fully saturated rings. The first-order valence-corrected chi connectivity index (χ1v) is 12.1. The molecule has 4 aromatic rings. The third kappa shape index (κ3) is 4.69. The predicted octanol–water partition coefficient (Wildman–Crippen LogP) is 6.09. The Bertz CT molecular complexity index is 1590. The summed E-state index contributed by atoms with van der Waals surface area (Å²) in [6, 6.07) is 13.2. The molecule has 37 heavy (non-hydrogen) atoms. The Balaban J connectivity index is 1.51. The molecule has 0 saturated heterocycles. The minimum absolute atomic E-state index is 0.206. The number of rotatable bonds is 5. The summed E-state index contributed by atoms with van der Waals surface area (Å²) in [6.07, 6.45) is 4.80. The fourth-order valence-electron chi connectivity index (χ4n) is 4.61. The van der Waals surface area contributed by atoms with Gasteiger partial charge in [0.1, 0.15) is 0 Å². The number of nitrogens with zero attached hydrogens (tertiary/aromatic N) is 3. The highest BCUT2D eigenvalue weighted by Crippen LogP contribution is 2.40. The third-order valence-electron chi connectivity index (χ3n) is 6.61. The van der Waals surface area contributed by atoms with Crippen LogP contribution in [0.15, 0.2) is 65.7 Å². The van der Waals surface area contributed by atoms with Gasteiger partial charge in [0.15, 0.2) is 6.61 Å². The fourth-order valence-corrected chi connectivity index (χ4v) is 4.61. The van der Waals surface area contributed by atoms with Crippen molar-refractivity contribution in [2.75, 3.05) is 11.9 Å². The Kier molecular flexibility index (Phi) is 5.51. The first kappa shape index (κ1) is 23.3. The summed E-state index contributed by atoms with van der Waals surface area (Å²) in [6.45, 7) is 0.533. The maximum Gasteiger partial charge on any atom is 0.422 e. The van der Waals surface area contributed by atoms with Gasteiger partial charge in [0.25, 0.3) is 5.56 Å². The molecule has 1 saturated carbocycles. The quantitative estimate of drug-likeness (QED) is 0.356. The summed E-state index contributed by atoms with van der Waals surface area (Å²) in [5, 5.41) is 3.88. The molecule has 1 aliphatic heterocycles. The number of hydrogen-bond acceptors (Lipinski definition) is 5. The topological polar surface area (TPSA) is 69.0 Å². The van der Waals surface area contributed by atoms with Crippen LogP contribution in [0.2, 0.25) is 0 Å². The zero-order valence-corrected chi connectivity index (χ0v) is 19.9. The van der Waals surface area contributed by atoms with Gasteiger partial charge in [-0.05, 0) is 60.6 Å². The van der Waals surface area contributed by atoms with E-state index in [1.807, 2.05) is 54.6 Å². The fraction of sp³-hybridized carbons (Fsp3) is 0.250. The number of anilines is 1. The van der Waals surface area contributed by atoms with Gasteiger partial charge in [-0.25, -0.2) is 4.98 Å². The minimum Gasteiger partial charge on any atom is -0.454 e. The van der Waals surface area contributed by atoms with Gasteiger partial charge in [-0.15, -0.1) is 0 Å². The van der Waals surface area contributed by atoms with Gasteiger partial charge in [0, 0.05) is 35.2 Å². The Morgan fingerprint density at radius 1 is 1.14 bits per heavy atom. The molecule has 1 unspecified atom stereocenters. The SMILES string of the molecule is CC1C=Cc2cc(-n3cc4cnc(OCC(F)(F)F)nc4c(-c4ccc(C5CC5)cc4)c3=O)ccc2N1. The monoisotopic (exact) mass is 504 g/mol. The molecule has 1 aliphatic carbocycles. The number of benzene rings is 2. The Morgan fingerprint density at radius 3 is 2.65 bits per heavy atom. The summed E-state index contributed by atoms with van der Waals surface area (Å²) in [5.41, 5.74) is 4.58.